The lowest BCUT2D eigenvalue weighted by Gasteiger charge is -2.29. The van der Waals surface area contributed by atoms with Crippen LogP contribution in [0, 0.1) is 0 Å². The SMILES string of the molecule is C[C@@H](NC(=O)[C@@H](c1ccccc1)C(c1ccccc1)c1ccccc1)c1ccccc1. The van der Waals surface area contributed by atoms with E-state index >= 15 is 0 Å². The number of rotatable bonds is 7. The topological polar surface area (TPSA) is 29.1 Å². The van der Waals surface area contributed by atoms with Crippen molar-refractivity contribution < 1.29 is 4.79 Å². The van der Waals surface area contributed by atoms with Gasteiger partial charge in [0, 0.05) is 5.92 Å². The second kappa shape index (κ2) is 9.90. The van der Waals surface area contributed by atoms with Crippen molar-refractivity contribution in [3.8, 4) is 0 Å². The van der Waals surface area contributed by atoms with Crippen LogP contribution in [0.15, 0.2) is 121 Å². The van der Waals surface area contributed by atoms with E-state index in [1.165, 1.54) is 0 Å². The third kappa shape index (κ3) is 4.92. The molecule has 0 aliphatic carbocycles. The zero-order valence-electron chi connectivity index (χ0n) is 17.7. The molecule has 4 aromatic rings. The van der Waals surface area contributed by atoms with E-state index in [1.807, 2.05) is 91.9 Å². The fourth-order valence-corrected chi connectivity index (χ4v) is 4.18. The number of carbonyl (C=O) groups excluding carboxylic acids is 1. The van der Waals surface area contributed by atoms with Gasteiger partial charge in [-0.05, 0) is 29.2 Å². The highest BCUT2D eigenvalue weighted by molar-refractivity contribution is 5.86. The quantitative estimate of drug-likeness (QED) is 0.375. The average Bonchev–Trinajstić information content (AvgIpc) is 2.84. The van der Waals surface area contributed by atoms with Crippen LogP contribution < -0.4 is 5.32 Å². The smallest absolute Gasteiger partial charge is 0.228 e. The molecule has 1 N–H and O–H groups in total. The summed E-state index contributed by atoms with van der Waals surface area (Å²) in [5.74, 6) is -0.412. The van der Waals surface area contributed by atoms with E-state index in [0.717, 1.165) is 22.3 Å². The summed E-state index contributed by atoms with van der Waals surface area (Å²) in [7, 11) is 0. The zero-order valence-corrected chi connectivity index (χ0v) is 17.7. The molecular formula is C29H27NO. The molecule has 0 saturated carbocycles. The molecule has 0 fully saturated rings. The van der Waals surface area contributed by atoms with Crippen molar-refractivity contribution in [2.75, 3.05) is 0 Å². The standard InChI is InChI=1S/C29H27NO/c1-22(23-14-6-2-7-15-23)30-29(31)28(26-20-12-5-13-21-26)27(24-16-8-3-9-17-24)25-18-10-4-11-19-25/h2-22,27-28H,1H3,(H,30,31)/t22-,28+/m1/s1. The van der Waals surface area contributed by atoms with Crippen LogP contribution in [-0.2, 0) is 4.79 Å². The molecule has 1 amide bonds. The Balaban J connectivity index is 1.76. The molecule has 0 unspecified atom stereocenters. The molecule has 2 nitrogen and oxygen atoms in total. The summed E-state index contributed by atoms with van der Waals surface area (Å²) in [5.41, 5.74) is 4.37. The molecule has 2 heteroatoms. The molecular weight excluding hydrogens is 378 g/mol. The van der Waals surface area contributed by atoms with Gasteiger partial charge in [-0.15, -0.1) is 0 Å². The lowest BCUT2D eigenvalue weighted by atomic mass is 9.76. The molecule has 0 aliphatic rings. The van der Waals surface area contributed by atoms with Gasteiger partial charge in [-0.1, -0.05) is 121 Å². The first kappa shape index (κ1) is 20.6. The Labute approximate surface area is 184 Å². The maximum atomic E-state index is 13.8. The van der Waals surface area contributed by atoms with Gasteiger partial charge in [0.15, 0.2) is 0 Å². The van der Waals surface area contributed by atoms with Gasteiger partial charge in [0.25, 0.3) is 0 Å². The summed E-state index contributed by atoms with van der Waals surface area (Å²) in [6, 6.07) is 40.8. The van der Waals surface area contributed by atoms with Crippen molar-refractivity contribution in [2.45, 2.75) is 24.8 Å². The van der Waals surface area contributed by atoms with Crippen LogP contribution in [0.1, 0.15) is 47.1 Å². The summed E-state index contributed by atoms with van der Waals surface area (Å²) in [6.45, 7) is 2.04. The maximum absolute atomic E-state index is 13.8. The molecule has 4 aromatic carbocycles. The molecule has 154 valence electrons. The van der Waals surface area contributed by atoms with E-state index in [9.17, 15) is 4.79 Å². The molecule has 0 spiro atoms. The average molecular weight is 406 g/mol. The number of amides is 1. The highest BCUT2D eigenvalue weighted by atomic mass is 16.2. The highest BCUT2D eigenvalue weighted by Crippen LogP contribution is 2.39. The fourth-order valence-electron chi connectivity index (χ4n) is 4.18. The molecule has 0 aliphatic heterocycles. The fraction of sp³-hybridized carbons (Fsp3) is 0.138. The normalized spacial score (nSPS) is 12.8. The van der Waals surface area contributed by atoms with E-state index in [1.54, 1.807) is 0 Å². The Morgan fingerprint density at radius 3 is 1.32 bits per heavy atom. The van der Waals surface area contributed by atoms with Crippen molar-refractivity contribution in [2.24, 2.45) is 0 Å². The summed E-state index contributed by atoms with van der Waals surface area (Å²) >= 11 is 0. The van der Waals surface area contributed by atoms with Gasteiger partial charge in [0.1, 0.15) is 0 Å². The van der Waals surface area contributed by atoms with E-state index < -0.39 is 0 Å². The molecule has 0 saturated heterocycles. The second-order valence-corrected chi connectivity index (χ2v) is 7.83. The van der Waals surface area contributed by atoms with Gasteiger partial charge >= 0.3 is 0 Å². The van der Waals surface area contributed by atoms with Gasteiger partial charge < -0.3 is 5.32 Å². The predicted molar refractivity (Wildman–Crippen MR) is 127 cm³/mol. The molecule has 31 heavy (non-hydrogen) atoms. The van der Waals surface area contributed by atoms with Crippen molar-refractivity contribution in [3.63, 3.8) is 0 Å². The first-order valence-electron chi connectivity index (χ1n) is 10.7. The number of benzene rings is 4. The van der Waals surface area contributed by atoms with Crippen molar-refractivity contribution in [1.82, 2.24) is 5.32 Å². The molecule has 0 aromatic heterocycles. The van der Waals surface area contributed by atoms with Crippen LogP contribution in [0.5, 0.6) is 0 Å². The summed E-state index contributed by atoms with van der Waals surface area (Å²) in [6.07, 6.45) is 0. The van der Waals surface area contributed by atoms with Crippen LogP contribution in [0.2, 0.25) is 0 Å². The zero-order chi connectivity index (χ0) is 21.5. The molecule has 0 bridgehead atoms. The minimum atomic E-state index is -0.350. The third-order valence-electron chi connectivity index (χ3n) is 5.75. The Bertz CT molecular complexity index is 1040. The van der Waals surface area contributed by atoms with Crippen LogP contribution in [0.25, 0.3) is 0 Å². The molecule has 4 rings (SSSR count). The first-order chi connectivity index (χ1) is 15.2. The van der Waals surface area contributed by atoms with E-state index in [-0.39, 0.29) is 23.8 Å². The summed E-state index contributed by atoms with van der Waals surface area (Å²) in [5, 5.41) is 3.28. The van der Waals surface area contributed by atoms with Gasteiger partial charge in [-0.25, -0.2) is 0 Å². The number of nitrogens with one attached hydrogen (secondary N) is 1. The molecule has 2 atom stereocenters. The Kier molecular flexibility index (Phi) is 6.59. The van der Waals surface area contributed by atoms with Crippen molar-refractivity contribution >= 4 is 5.91 Å². The van der Waals surface area contributed by atoms with E-state index in [0.29, 0.717) is 0 Å². The number of hydrogen-bond acceptors (Lipinski definition) is 1. The first-order valence-corrected chi connectivity index (χ1v) is 10.7. The van der Waals surface area contributed by atoms with Crippen LogP contribution in [0.4, 0.5) is 0 Å². The van der Waals surface area contributed by atoms with Crippen LogP contribution >= 0.6 is 0 Å². The third-order valence-corrected chi connectivity index (χ3v) is 5.75. The Morgan fingerprint density at radius 2 is 0.903 bits per heavy atom. The summed E-state index contributed by atoms with van der Waals surface area (Å²) in [4.78, 5) is 13.8. The molecule has 0 radical (unpaired) electrons. The van der Waals surface area contributed by atoms with Gasteiger partial charge in [-0.3, -0.25) is 4.79 Å². The maximum Gasteiger partial charge on any atom is 0.228 e. The van der Waals surface area contributed by atoms with Gasteiger partial charge in [-0.2, -0.15) is 0 Å². The van der Waals surface area contributed by atoms with Crippen LogP contribution in [0.3, 0.4) is 0 Å². The lowest BCUT2D eigenvalue weighted by Crippen LogP contribution is -2.35. The molecule has 0 heterocycles. The highest BCUT2D eigenvalue weighted by Gasteiger charge is 2.33. The van der Waals surface area contributed by atoms with Crippen molar-refractivity contribution in [1.29, 1.82) is 0 Å². The Morgan fingerprint density at radius 1 is 0.548 bits per heavy atom. The van der Waals surface area contributed by atoms with E-state index in [4.69, 9.17) is 0 Å². The van der Waals surface area contributed by atoms with Crippen molar-refractivity contribution in [3.05, 3.63) is 144 Å². The van der Waals surface area contributed by atoms with Gasteiger partial charge in [0.05, 0.1) is 12.0 Å². The minimum Gasteiger partial charge on any atom is -0.349 e. The Hall–Kier alpha value is -3.65. The van der Waals surface area contributed by atoms with Crippen LogP contribution in [-0.4, -0.2) is 5.91 Å². The lowest BCUT2D eigenvalue weighted by molar-refractivity contribution is -0.123. The number of hydrogen-bond donors (Lipinski definition) is 1. The summed E-state index contributed by atoms with van der Waals surface area (Å²) < 4.78 is 0. The van der Waals surface area contributed by atoms with Gasteiger partial charge in [0.2, 0.25) is 5.91 Å². The predicted octanol–water partition coefficient (Wildman–Crippen LogP) is 6.48. The van der Waals surface area contributed by atoms with E-state index in [2.05, 4.69) is 41.7 Å². The largest absolute Gasteiger partial charge is 0.349 e. The minimum absolute atomic E-state index is 0.0280. The monoisotopic (exact) mass is 405 g/mol. The number of carbonyl (C=O) groups is 1. The second-order valence-electron chi connectivity index (χ2n) is 7.83.